The van der Waals surface area contributed by atoms with E-state index < -0.39 is 5.72 Å². The summed E-state index contributed by atoms with van der Waals surface area (Å²) in [5.74, 6) is 0.413. The van der Waals surface area contributed by atoms with E-state index in [2.05, 4.69) is 11.9 Å². The number of halogens is 1. The van der Waals surface area contributed by atoms with Gasteiger partial charge >= 0.3 is 0 Å². The molecular formula is C18H23ClN2O3. The largest absolute Gasteiger partial charge is 0.451 e. The Labute approximate surface area is 147 Å². The smallest absolute Gasteiger partial charge is 0.292 e. The average molecular weight is 351 g/mol. The Morgan fingerprint density at radius 3 is 2.58 bits per heavy atom. The third kappa shape index (κ3) is 2.61. The number of carbonyl (C=O) groups excluding carboxylic acids is 1. The molecule has 2 aliphatic heterocycles. The van der Waals surface area contributed by atoms with Crippen LogP contribution in [0.1, 0.15) is 29.0 Å². The minimum Gasteiger partial charge on any atom is -0.451 e. The fourth-order valence-corrected chi connectivity index (χ4v) is 3.78. The van der Waals surface area contributed by atoms with Gasteiger partial charge in [-0.05, 0) is 20.0 Å². The Morgan fingerprint density at radius 1 is 1.17 bits per heavy atom. The summed E-state index contributed by atoms with van der Waals surface area (Å²) in [7, 11) is 2.11. The maximum absolute atomic E-state index is 13.1. The number of aryl methyl sites for hydroxylation is 1. The molecule has 0 radical (unpaired) electrons. The van der Waals surface area contributed by atoms with Crippen LogP contribution in [0.2, 0.25) is 0 Å². The standard InChI is InChI=1S/C18H22N2O3.ClH/c1-13-14-5-3-4-6-15(14)23-16(13)17(21)20-11-12-22-18(20)7-9-19(2)10-8-18;/h3-6H,7-12H2,1-2H3;1H. The van der Waals surface area contributed by atoms with Gasteiger partial charge in [0, 0.05) is 43.4 Å². The third-order valence-electron chi connectivity index (χ3n) is 5.23. The van der Waals surface area contributed by atoms with Gasteiger partial charge in [-0.3, -0.25) is 4.79 Å². The molecular weight excluding hydrogens is 328 g/mol. The maximum atomic E-state index is 13.1. The van der Waals surface area contributed by atoms with Crippen LogP contribution in [0.4, 0.5) is 0 Å². The average Bonchev–Trinajstić information content (AvgIpc) is 3.12. The van der Waals surface area contributed by atoms with E-state index in [1.165, 1.54) is 0 Å². The van der Waals surface area contributed by atoms with Crippen molar-refractivity contribution in [1.82, 2.24) is 9.80 Å². The van der Waals surface area contributed by atoms with Gasteiger partial charge in [0.2, 0.25) is 0 Å². The molecule has 2 aromatic rings. The molecule has 3 heterocycles. The molecule has 6 heteroatoms. The summed E-state index contributed by atoms with van der Waals surface area (Å²) in [6, 6.07) is 7.80. The minimum absolute atomic E-state index is 0. The normalized spacial score (nSPS) is 20.5. The molecule has 0 atom stereocenters. The molecule has 1 amide bonds. The summed E-state index contributed by atoms with van der Waals surface area (Å²) in [5.41, 5.74) is 1.24. The lowest BCUT2D eigenvalue weighted by molar-refractivity contribution is -0.103. The Balaban J connectivity index is 0.00000169. The predicted octanol–water partition coefficient (Wildman–Crippen LogP) is 3.06. The topological polar surface area (TPSA) is 45.9 Å². The molecule has 1 spiro atoms. The van der Waals surface area contributed by atoms with E-state index in [9.17, 15) is 4.79 Å². The van der Waals surface area contributed by atoms with Crippen molar-refractivity contribution in [3.05, 3.63) is 35.6 Å². The number of hydrogen-bond acceptors (Lipinski definition) is 4. The fraction of sp³-hybridized carbons (Fsp3) is 0.500. The van der Waals surface area contributed by atoms with Gasteiger partial charge in [0.05, 0.1) is 6.61 Å². The number of amides is 1. The molecule has 1 aromatic heterocycles. The number of carbonyl (C=O) groups is 1. The number of likely N-dealkylation sites (tertiary alicyclic amines) is 1. The van der Waals surface area contributed by atoms with Crippen molar-refractivity contribution in [3.63, 3.8) is 0 Å². The summed E-state index contributed by atoms with van der Waals surface area (Å²) >= 11 is 0. The predicted molar refractivity (Wildman–Crippen MR) is 94.6 cm³/mol. The van der Waals surface area contributed by atoms with Crippen LogP contribution in [0.3, 0.4) is 0 Å². The van der Waals surface area contributed by atoms with Crippen LogP contribution < -0.4 is 0 Å². The molecule has 2 fully saturated rings. The number of ether oxygens (including phenoxy) is 1. The Morgan fingerprint density at radius 2 is 1.88 bits per heavy atom. The summed E-state index contributed by atoms with van der Waals surface area (Å²) < 4.78 is 11.9. The Kier molecular flexibility index (Phi) is 4.60. The highest BCUT2D eigenvalue weighted by Gasteiger charge is 2.47. The van der Waals surface area contributed by atoms with Crippen LogP contribution in [0, 0.1) is 6.92 Å². The molecule has 0 aliphatic carbocycles. The number of hydrogen-bond donors (Lipinski definition) is 0. The number of fused-ring (bicyclic) bond motifs is 1. The highest BCUT2D eigenvalue weighted by molar-refractivity contribution is 5.99. The van der Waals surface area contributed by atoms with Crippen molar-refractivity contribution in [1.29, 1.82) is 0 Å². The molecule has 5 nitrogen and oxygen atoms in total. The summed E-state index contributed by atoms with van der Waals surface area (Å²) in [4.78, 5) is 17.3. The fourth-order valence-electron chi connectivity index (χ4n) is 3.78. The molecule has 130 valence electrons. The van der Waals surface area contributed by atoms with Crippen LogP contribution in [-0.4, -0.2) is 54.7 Å². The molecule has 0 saturated carbocycles. The molecule has 2 aliphatic rings. The van der Waals surface area contributed by atoms with Crippen molar-refractivity contribution in [2.75, 3.05) is 33.3 Å². The van der Waals surface area contributed by atoms with Gasteiger partial charge in [0.1, 0.15) is 11.3 Å². The van der Waals surface area contributed by atoms with Crippen LogP contribution >= 0.6 is 12.4 Å². The first-order valence-electron chi connectivity index (χ1n) is 8.23. The zero-order valence-corrected chi connectivity index (χ0v) is 14.9. The van der Waals surface area contributed by atoms with Gasteiger partial charge in [-0.25, -0.2) is 0 Å². The van der Waals surface area contributed by atoms with Gasteiger partial charge in [0.25, 0.3) is 5.91 Å². The van der Waals surface area contributed by atoms with Crippen LogP contribution in [-0.2, 0) is 4.74 Å². The summed E-state index contributed by atoms with van der Waals surface area (Å²) in [6.45, 7) is 5.09. The van der Waals surface area contributed by atoms with E-state index in [0.717, 1.165) is 42.5 Å². The van der Waals surface area contributed by atoms with Gasteiger partial charge in [0.15, 0.2) is 5.76 Å². The van der Waals surface area contributed by atoms with Gasteiger partial charge in [-0.1, -0.05) is 18.2 Å². The van der Waals surface area contributed by atoms with E-state index in [1.54, 1.807) is 0 Å². The number of para-hydroxylation sites is 1. The van der Waals surface area contributed by atoms with Crippen LogP contribution in [0.5, 0.6) is 0 Å². The molecule has 0 bridgehead atoms. The zero-order valence-electron chi connectivity index (χ0n) is 14.1. The monoisotopic (exact) mass is 350 g/mol. The molecule has 2 saturated heterocycles. The minimum atomic E-state index is -0.449. The zero-order chi connectivity index (χ0) is 16.0. The van der Waals surface area contributed by atoms with Crippen molar-refractivity contribution in [3.8, 4) is 0 Å². The number of rotatable bonds is 1. The van der Waals surface area contributed by atoms with E-state index in [1.807, 2.05) is 36.1 Å². The quantitative estimate of drug-likeness (QED) is 0.793. The third-order valence-corrected chi connectivity index (χ3v) is 5.23. The van der Waals surface area contributed by atoms with Crippen molar-refractivity contribution < 1.29 is 13.9 Å². The lowest BCUT2D eigenvalue weighted by atomic mass is 9.98. The Hall–Kier alpha value is -1.56. The van der Waals surface area contributed by atoms with E-state index in [4.69, 9.17) is 9.15 Å². The number of piperidine rings is 1. The molecule has 1 aromatic carbocycles. The maximum Gasteiger partial charge on any atom is 0.292 e. The van der Waals surface area contributed by atoms with E-state index in [-0.39, 0.29) is 18.3 Å². The SMILES string of the molecule is Cc1c(C(=O)N2CCOC23CCN(C)CC3)oc2ccccc12.Cl. The molecule has 0 N–H and O–H groups in total. The first-order chi connectivity index (χ1) is 11.1. The van der Waals surface area contributed by atoms with Crippen LogP contribution in [0.15, 0.2) is 28.7 Å². The first-order valence-corrected chi connectivity index (χ1v) is 8.23. The van der Waals surface area contributed by atoms with Gasteiger partial charge in [-0.2, -0.15) is 0 Å². The summed E-state index contributed by atoms with van der Waals surface area (Å²) in [6.07, 6.45) is 1.71. The van der Waals surface area contributed by atoms with Gasteiger partial charge in [-0.15, -0.1) is 12.4 Å². The van der Waals surface area contributed by atoms with Gasteiger partial charge < -0.3 is 19.0 Å². The first kappa shape index (κ1) is 17.3. The highest BCUT2D eigenvalue weighted by atomic mass is 35.5. The van der Waals surface area contributed by atoms with E-state index in [0.29, 0.717) is 18.9 Å². The Bertz CT molecular complexity index is 750. The second-order valence-corrected chi connectivity index (χ2v) is 6.61. The second kappa shape index (κ2) is 6.39. The van der Waals surface area contributed by atoms with Crippen LogP contribution in [0.25, 0.3) is 11.0 Å². The molecule has 4 rings (SSSR count). The summed E-state index contributed by atoms with van der Waals surface area (Å²) in [5, 5.41) is 1.01. The number of benzene rings is 1. The van der Waals surface area contributed by atoms with Crippen molar-refractivity contribution >= 4 is 29.3 Å². The lowest BCUT2D eigenvalue weighted by Gasteiger charge is -2.42. The van der Waals surface area contributed by atoms with Crippen molar-refractivity contribution in [2.24, 2.45) is 0 Å². The highest BCUT2D eigenvalue weighted by Crippen LogP contribution is 2.36. The van der Waals surface area contributed by atoms with E-state index >= 15 is 0 Å². The molecule has 0 unspecified atom stereocenters. The number of furan rings is 1. The lowest BCUT2D eigenvalue weighted by Crippen LogP contribution is -2.54. The number of nitrogens with zero attached hydrogens (tertiary/aromatic N) is 2. The molecule has 24 heavy (non-hydrogen) atoms. The van der Waals surface area contributed by atoms with Crippen molar-refractivity contribution in [2.45, 2.75) is 25.5 Å². The second-order valence-electron chi connectivity index (χ2n) is 6.61.